The zero-order valence-electron chi connectivity index (χ0n) is 11.8. The summed E-state index contributed by atoms with van der Waals surface area (Å²) in [4.78, 5) is 25.6. The van der Waals surface area contributed by atoms with Crippen molar-refractivity contribution < 1.29 is 4.74 Å². The average molecular weight is 285 g/mol. The number of H-pyrrole nitrogens is 1. The Bertz CT molecular complexity index is 812. The van der Waals surface area contributed by atoms with Crippen molar-refractivity contribution in [2.45, 2.75) is 19.9 Å². The lowest BCUT2D eigenvalue weighted by atomic mass is 10.1. The molecule has 0 radical (unpaired) electrons. The maximum Gasteiger partial charge on any atom is 0.328 e. The maximum absolute atomic E-state index is 11.8. The Labute approximate surface area is 121 Å². The van der Waals surface area contributed by atoms with E-state index < -0.39 is 5.69 Å². The molecule has 0 unspecified atom stereocenters. The van der Waals surface area contributed by atoms with Crippen molar-refractivity contribution in [1.82, 2.24) is 9.55 Å². The molecule has 2 aromatic rings. The monoisotopic (exact) mass is 285 g/mol. The summed E-state index contributed by atoms with van der Waals surface area (Å²) in [6.07, 6.45) is 2.11. The number of rotatable bonds is 4. The Morgan fingerprint density at radius 2 is 2.14 bits per heavy atom. The SMILES string of the molecule is CCc1cn(Cc2ccc(C#N)c(OC)c2)c(=O)[nH]c1=O. The van der Waals surface area contributed by atoms with Gasteiger partial charge in [0.25, 0.3) is 5.56 Å². The van der Waals surface area contributed by atoms with Gasteiger partial charge < -0.3 is 4.74 Å². The van der Waals surface area contributed by atoms with Crippen LogP contribution in [0, 0.1) is 11.3 Å². The molecule has 0 spiro atoms. The molecule has 108 valence electrons. The molecule has 0 fully saturated rings. The van der Waals surface area contributed by atoms with Gasteiger partial charge in [-0.2, -0.15) is 5.26 Å². The Balaban J connectivity index is 2.41. The predicted octanol–water partition coefficient (Wildman–Crippen LogP) is 1.03. The number of ether oxygens (including phenoxy) is 1. The molecule has 0 aliphatic rings. The first-order valence-corrected chi connectivity index (χ1v) is 6.48. The number of benzene rings is 1. The Morgan fingerprint density at radius 3 is 2.76 bits per heavy atom. The van der Waals surface area contributed by atoms with Gasteiger partial charge in [0, 0.05) is 11.8 Å². The summed E-state index contributed by atoms with van der Waals surface area (Å²) in [5, 5.41) is 8.95. The molecule has 6 nitrogen and oxygen atoms in total. The molecular weight excluding hydrogens is 270 g/mol. The number of aromatic nitrogens is 2. The fourth-order valence-electron chi connectivity index (χ4n) is 2.05. The zero-order valence-corrected chi connectivity index (χ0v) is 11.8. The summed E-state index contributed by atoms with van der Waals surface area (Å²) >= 11 is 0. The smallest absolute Gasteiger partial charge is 0.328 e. The number of hydrogen-bond acceptors (Lipinski definition) is 4. The lowest BCUT2D eigenvalue weighted by Gasteiger charge is -2.09. The lowest BCUT2D eigenvalue weighted by Crippen LogP contribution is -2.31. The van der Waals surface area contributed by atoms with Crippen LogP contribution in [-0.4, -0.2) is 16.7 Å². The molecule has 0 atom stereocenters. The highest BCUT2D eigenvalue weighted by Gasteiger charge is 2.07. The normalized spacial score (nSPS) is 10.1. The van der Waals surface area contributed by atoms with Crippen LogP contribution < -0.4 is 16.0 Å². The largest absolute Gasteiger partial charge is 0.495 e. The number of nitrogens with one attached hydrogen (secondary N) is 1. The molecule has 0 aliphatic heterocycles. The van der Waals surface area contributed by atoms with Gasteiger partial charge in [0.1, 0.15) is 11.8 Å². The highest BCUT2D eigenvalue weighted by Crippen LogP contribution is 2.19. The first kappa shape index (κ1) is 14.6. The van der Waals surface area contributed by atoms with E-state index in [0.717, 1.165) is 5.56 Å². The molecule has 1 heterocycles. The zero-order chi connectivity index (χ0) is 15.4. The summed E-state index contributed by atoms with van der Waals surface area (Å²) in [5.41, 5.74) is 0.985. The topological polar surface area (TPSA) is 87.9 Å². The summed E-state index contributed by atoms with van der Waals surface area (Å²) < 4.78 is 6.57. The molecule has 0 saturated carbocycles. The van der Waals surface area contributed by atoms with Gasteiger partial charge in [0.2, 0.25) is 0 Å². The van der Waals surface area contributed by atoms with Gasteiger partial charge in [-0.1, -0.05) is 13.0 Å². The van der Waals surface area contributed by atoms with E-state index in [2.05, 4.69) is 4.98 Å². The van der Waals surface area contributed by atoms with Gasteiger partial charge in [-0.05, 0) is 24.1 Å². The summed E-state index contributed by atoms with van der Waals surface area (Å²) in [6.45, 7) is 2.15. The van der Waals surface area contributed by atoms with Crippen molar-refractivity contribution in [3.8, 4) is 11.8 Å². The Hall–Kier alpha value is -2.81. The lowest BCUT2D eigenvalue weighted by molar-refractivity contribution is 0.412. The van der Waals surface area contributed by atoms with E-state index in [1.54, 1.807) is 24.4 Å². The van der Waals surface area contributed by atoms with Crippen LogP contribution in [0.5, 0.6) is 5.75 Å². The molecule has 21 heavy (non-hydrogen) atoms. The molecule has 2 rings (SSSR count). The first-order chi connectivity index (χ1) is 10.1. The van der Waals surface area contributed by atoms with Crippen molar-refractivity contribution in [1.29, 1.82) is 5.26 Å². The molecule has 6 heteroatoms. The van der Waals surface area contributed by atoms with Gasteiger partial charge in [-0.3, -0.25) is 14.3 Å². The minimum Gasteiger partial charge on any atom is -0.495 e. The second kappa shape index (κ2) is 6.09. The quantitative estimate of drug-likeness (QED) is 0.908. The van der Waals surface area contributed by atoms with E-state index >= 15 is 0 Å². The number of nitrogens with zero attached hydrogens (tertiary/aromatic N) is 2. The third-order valence-electron chi connectivity index (χ3n) is 3.20. The van der Waals surface area contributed by atoms with Crippen LogP contribution in [0.25, 0.3) is 0 Å². The van der Waals surface area contributed by atoms with Crippen LogP contribution in [0.15, 0.2) is 34.0 Å². The predicted molar refractivity (Wildman–Crippen MR) is 77.5 cm³/mol. The fraction of sp³-hybridized carbons (Fsp3) is 0.267. The minimum atomic E-state index is -0.458. The first-order valence-electron chi connectivity index (χ1n) is 6.48. The second-order valence-electron chi connectivity index (χ2n) is 4.54. The van der Waals surface area contributed by atoms with Gasteiger partial charge in [0.15, 0.2) is 0 Å². The fourth-order valence-corrected chi connectivity index (χ4v) is 2.05. The molecule has 0 amide bonds. The Morgan fingerprint density at radius 1 is 1.38 bits per heavy atom. The van der Waals surface area contributed by atoms with E-state index in [4.69, 9.17) is 10.00 Å². The molecule has 1 aromatic carbocycles. The number of hydrogen-bond donors (Lipinski definition) is 1. The van der Waals surface area contributed by atoms with Gasteiger partial charge in [-0.15, -0.1) is 0 Å². The van der Waals surface area contributed by atoms with Crippen LogP contribution in [0.3, 0.4) is 0 Å². The van der Waals surface area contributed by atoms with E-state index in [-0.39, 0.29) is 5.56 Å². The summed E-state index contributed by atoms with van der Waals surface area (Å²) in [5.74, 6) is 0.461. The molecule has 0 bridgehead atoms. The molecule has 0 saturated heterocycles. The Kier molecular flexibility index (Phi) is 4.24. The minimum absolute atomic E-state index is 0.296. The van der Waals surface area contributed by atoms with E-state index in [1.807, 2.05) is 13.0 Å². The van der Waals surface area contributed by atoms with Gasteiger partial charge in [0.05, 0.1) is 19.2 Å². The van der Waals surface area contributed by atoms with Crippen LogP contribution in [0.2, 0.25) is 0 Å². The van der Waals surface area contributed by atoms with Gasteiger partial charge in [-0.25, -0.2) is 4.79 Å². The van der Waals surface area contributed by atoms with Crippen molar-refractivity contribution >= 4 is 0 Å². The van der Waals surface area contributed by atoms with E-state index in [1.165, 1.54) is 11.7 Å². The van der Waals surface area contributed by atoms with Gasteiger partial charge >= 0.3 is 5.69 Å². The van der Waals surface area contributed by atoms with Crippen molar-refractivity contribution in [3.63, 3.8) is 0 Å². The molecule has 1 N–H and O–H groups in total. The second-order valence-corrected chi connectivity index (χ2v) is 4.54. The van der Waals surface area contributed by atoms with Crippen molar-refractivity contribution in [2.24, 2.45) is 0 Å². The number of nitriles is 1. The highest BCUT2D eigenvalue weighted by molar-refractivity contribution is 5.45. The average Bonchev–Trinajstić information content (AvgIpc) is 2.49. The van der Waals surface area contributed by atoms with Crippen molar-refractivity contribution in [2.75, 3.05) is 7.11 Å². The van der Waals surface area contributed by atoms with Crippen LogP contribution in [-0.2, 0) is 13.0 Å². The molecular formula is C15H15N3O3. The molecule has 0 aliphatic carbocycles. The number of aromatic amines is 1. The van der Waals surface area contributed by atoms with Crippen LogP contribution in [0.4, 0.5) is 0 Å². The summed E-state index contributed by atoms with van der Waals surface area (Å²) in [7, 11) is 1.49. The van der Waals surface area contributed by atoms with Crippen LogP contribution >= 0.6 is 0 Å². The summed E-state index contributed by atoms with van der Waals surface area (Å²) in [6, 6.07) is 7.14. The highest BCUT2D eigenvalue weighted by atomic mass is 16.5. The number of methoxy groups -OCH3 is 1. The third-order valence-corrected chi connectivity index (χ3v) is 3.20. The van der Waals surface area contributed by atoms with Crippen molar-refractivity contribution in [3.05, 3.63) is 61.9 Å². The standard InChI is InChI=1S/C15H15N3O3/c1-3-11-9-18(15(20)17-14(11)19)8-10-4-5-12(7-16)13(6-10)21-2/h4-6,9H,3,8H2,1-2H3,(H,17,19,20). The maximum atomic E-state index is 11.8. The van der Waals surface area contributed by atoms with E-state index in [9.17, 15) is 9.59 Å². The number of aryl methyl sites for hydroxylation is 1. The van der Waals surface area contributed by atoms with Crippen LogP contribution in [0.1, 0.15) is 23.6 Å². The van der Waals surface area contributed by atoms with E-state index in [0.29, 0.717) is 29.8 Å². The third kappa shape index (κ3) is 3.03. The molecule has 1 aromatic heterocycles.